The SMILES string of the molecule is NC1C(C(=O)O)=C(c2ccccc2)CC(C(=O)O)=C1c1ccccc1. The van der Waals surface area contributed by atoms with Gasteiger partial charge in [-0.2, -0.15) is 0 Å². The maximum Gasteiger partial charge on any atom is 0.333 e. The summed E-state index contributed by atoms with van der Waals surface area (Å²) < 4.78 is 0. The van der Waals surface area contributed by atoms with E-state index in [4.69, 9.17) is 5.73 Å². The third-order valence-electron chi connectivity index (χ3n) is 4.32. The monoisotopic (exact) mass is 335 g/mol. The number of aliphatic carboxylic acids is 2. The molecule has 2 aromatic carbocycles. The minimum Gasteiger partial charge on any atom is -0.478 e. The van der Waals surface area contributed by atoms with Crippen LogP contribution in [0, 0.1) is 0 Å². The number of benzene rings is 2. The summed E-state index contributed by atoms with van der Waals surface area (Å²) in [7, 11) is 0. The molecule has 3 rings (SSSR count). The number of nitrogens with two attached hydrogens (primary N) is 1. The molecule has 5 nitrogen and oxygen atoms in total. The van der Waals surface area contributed by atoms with E-state index in [2.05, 4.69) is 0 Å². The Morgan fingerprint density at radius 3 is 1.84 bits per heavy atom. The van der Waals surface area contributed by atoms with Gasteiger partial charge in [0, 0.05) is 12.0 Å². The van der Waals surface area contributed by atoms with Crippen molar-refractivity contribution in [2.75, 3.05) is 0 Å². The van der Waals surface area contributed by atoms with E-state index in [-0.39, 0.29) is 17.6 Å². The first-order valence-electron chi connectivity index (χ1n) is 7.79. The molecule has 0 bridgehead atoms. The molecular weight excluding hydrogens is 318 g/mol. The molecule has 4 N–H and O–H groups in total. The van der Waals surface area contributed by atoms with Gasteiger partial charge in [-0.3, -0.25) is 0 Å². The summed E-state index contributed by atoms with van der Waals surface area (Å²) in [6.07, 6.45) is 0.0128. The van der Waals surface area contributed by atoms with Crippen LogP contribution in [0.3, 0.4) is 0 Å². The minimum atomic E-state index is -1.13. The van der Waals surface area contributed by atoms with Gasteiger partial charge in [0.25, 0.3) is 0 Å². The van der Waals surface area contributed by atoms with Gasteiger partial charge in [0.05, 0.1) is 11.6 Å². The molecule has 0 radical (unpaired) electrons. The van der Waals surface area contributed by atoms with Gasteiger partial charge in [0.15, 0.2) is 0 Å². The standard InChI is InChI=1S/C20H17NO4/c21-18-16(13-9-5-2-6-10-13)15(19(22)23)11-14(17(18)20(24)25)12-7-3-1-4-8-12/h1-10,18H,11,21H2,(H,22,23)(H,24,25). The first-order valence-corrected chi connectivity index (χ1v) is 7.79. The van der Waals surface area contributed by atoms with Crippen LogP contribution in [0.1, 0.15) is 17.5 Å². The predicted octanol–water partition coefficient (Wildman–Crippen LogP) is 2.79. The summed E-state index contributed by atoms with van der Waals surface area (Å²) in [4.78, 5) is 23.7. The van der Waals surface area contributed by atoms with Crippen molar-refractivity contribution in [3.63, 3.8) is 0 Å². The summed E-state index contributed by atoms with van der Waals surface area (Å²) >= 11 is 0. The Balaban J connectivity index is 2.22. The minimum absolute atomic E-state index is 0.0128. The number of allylic oxidation sites excluding steroid dienone is 1. The van der Waals surface area contributed by atoms with Crippen molar-refractivity contribution in [1.29, 1.82) is 0 Å². The Hall–Kier alpha value is -3.18. The van der Waals surface area contributed by atoms with E-state index >= 15 is 0 Å². The van der Waals surface area contributed by atoms with Crippen LogP contribution >= 0.6 is 0 Å². The third-order valence-corrected chi connectivity index (χ3v) is 4.32. The molecule has 0 aliphatic heterocycles. The van der Waals surface area contributed by atoms with Crippen molar-refractivity contribution in [3.8, 4) is 0 Å². The van der Waals surface area contributed by atoms with Gasteiger partial charge in [0.1, 0.15) is 0 Å². The van der Waals surface area contributed by atoms with Gasteiger partial charge in [-0.05, 0) is 22.3 Å². The topological polar surface area (TPSA) is 101 Å². The number of carboxylic acids is 2. The first kappa shape index (κ1) is 16.7. The van der Waals surface area contributed by atoms with Crippen molar-refractivity contribution in [1.82, 2.24) is 0 Å². The molecule has 126 valence electrons. The summed E-state index contributed by atoms with van der Waals surface area (Å²) in [6, 6.07) is 16.7. The van der Waals surface area contributed by atoms with Gasteiger partial charge < -0.3 is 15.9 Å². The molecule has 0 amide bonds. The van der Waals surface area contributed by atoms with Crippen molar-refractivity contribution in [2.45, 2.75) is 12.5 Å². The maximum absolute atomic E-state index is 11.9. The van der Waals surface area contributed by atoms with Crippen molar-refractivity contribution >= 4 is 23.1 Å². The van der Waals surface area contributed by atoms with Gasteiger partial charge in [-0.25, -0.2) is 9.59 Å². The van der Waals surface area contributed by atoms with Gasteiger partial charge in [0.2, 0.25) is 0 Å². The van der Waals surface area contributed by atoms with Crippen LogP contribution in [0.5, 0.6) is 0 Å². The molecular formula is C20H17NO4. The van der Waals surface area contributed by atoms with Crippen molar-refractivity contribution < 1.29 is 19.8 Å². The predicted molar refractivity (Wildman–Crippen MR) is 94.6 cm³/mol. The molecule has 1 unspecified atom stereocenters. The number of rotatable bonds is 4. The molecule has 0 spiro atoms. The highest BCUT2D eigenvalue weighted by Crippen LogP contribution is 2.39. The number of hydrogen-bond acceptors (Lipinski definition) is 3. The lowest BCUT2D eigenvalue weighted by molar-refractivity contribution is -0.134. The van der Waals surface area contributed by atoms with E-state index in [0.29, 0.717) is 22.3 Å². The van der Waals surface area contributed by atoms with Gasteiger partial charge in [-0.15, -0.1) is 0 Å². The van der Waals surface area contributed by atoms with Crippen molar-refractivity contribution in [3.05, 3.63) is 82.9 Å². The van der Waals surface area contributed by atoms with Gasteiger partial charge >= 0.3 is 11.9 Å². The lowest BCUT2D eigenvalue weighted by Crippen LogP contribution is -2.34. The maximum atomic E-state index is 11.9. The van der Waals surface area contributed by atoms with Crippen molar-refractivity contribution in [2.24, 2.45) is 5.73 Å². The van der Waals surface area contributed by atoms with Crippen LogP contribution in [0.4, 0.5) is 0 Å². The highest BCUT2D eigenvalue weighted by molar-refractivity contribution is 6.10. The molecule has 25 heavy (non-hydrogen) atoms. The molecule has 1 aliphatic rings. The molecule has 0 saturated heterocycles. The van der Waals surface area contributed by atoms with Crippen LogP contribution in [-0.2, 0) is 9.59 Å². The van der Waals surface area contributed by atoms with Crippen LogP contribution in [-0.4, -0.2) is 28.2 Å². The first-order chi connectivity index (χ1) is 12.0. The van der Waals surface area contributed by atoms with E-state index in [1.54, 1.807) is 48.5 Å². The highest BCUT2D eigenvalue weighted by Gasteiger charge is 2.35. The zero-order chi connectivity index (χ0) is 18.0. The molecule has 5 heteroatoms. The quantitative estimate of drug-likeness (QED) is 0.797. The number of hydrogen-bond donors (Lipinski definition) is 3. The smallest absolute Gasteiger partial charge is 0.333 e. The fourth-order valence-electron chi connectivity index (χ4n) is 3.21. The average molecular weight is 335 g/mol. The Kier molecular flexibility index (Phi) is 4.50. The highest BCUT2D eigenvalue weighted by atomic mass is 16.4. The zero-order valence-corrected chi connectivity index (χ0v) is 13.3. The van der Waals surface area contributed by atoms with E-state index in [1.165, 1.54) is 0 Å². The Bertz CT molecular complexity index is 882. The molecule has 2 aromatic rings. The fraction of sp³-hybridized carbons (Fsp3) is 0.100. The second-order valence-electron chi connectivity index (χ2n) is 5.78. The van der Waals surface area contributed by atoms with E-state index < -0.39 is 18.0 Å². The molecule has 0 heterocycles. The lowest BCUT2D eigenvalue weighted by atomic mass is 9.77. The number of carboxylic acid groups (broad SMARTS) is 2. The van der Waals surface area contributed by atoms with Gasteiger partial charge in [-0.1, -0.05) is 60.7 Å². The Labute approximate surface area is 144 Å². The summed E-state index contributed by atoms with van der Waals surface area (Å²) in [5.41, 5.74) is 8.50. The second-order valence-corrected chi connectivity index (χ2v) is 5.78. The van der Waals surface area contributed by atoms with Crippen LogP contribution in [0.2, 0.25) is 0 Å². The lowest BCUT2D eigenvalue weighted by Gasteiger charge is -2.28. The molecule has 1 aliphatic carbocycles. The third kappa shape index (κ3) is 3.09. The molecule has 0 fully saturated rings. The summed E-state index contributed by atoms with van der Waals surface area (Å²) in [6.45, 7) is 0. The summed E-state index contributed by atoms with van der Waals surface area (Å²) in [5, 5.41) is 19.4. The number of carbonyl (C=O) groups is 2. The van der Waals surface area contributed by atoms with E-state index in [0.717, 1.165) is 0 Å². The van der Waals surface area contributed by atoms with Crippen LogP contribution < -0.4 is 5.73 Å². The average Bonchev–Trinajstić information content (AvgIpc) is 2.61. The fourth-order valence-corrected chi connectivity index (χ4v) is 3.21. The van der Waals surface area contributed by atoms with Crippen LogP contribution in [0.25, 0.3) is 11.1 Å². The van der Waals surface area contributed by atoms with E-state index in [9.17, 15) is 19.8 Å². The summed E-state index contributed by atoms with van der Waals surface area (Å²) in [5.74, 6) is -2.23. The van der Waals surface area contributed by atoms with Crippen LogP contribution in [0.15, 0.2) is 71.8 Å². The molecule has 0 saturated carbocycles. The Morgan fingerprint density at radius 1 is 0.840 bits per heavy atom. The molecule has 0 aromatic heterocycles. The second kappa shape index (κ2) is 6.75. The Morgan fingerprint density at radius 2 is 1.36 bits per heavy atom. The normalized spacial score (nSPS) is 17.6. The largest absolute Gasteiger partial charge is 0.478 e. The zero-order valence-electron chi connectivity index (χ0n) is 13.3. The molecule has 1 atom stereocenters. The van der Waals surface area contributed by atoms with E-state index in [1.807, 2.05) is 12.1 Å².